The molecule has 1 saturated heterocycles. The van der Waals surface area contributed by atoms with Gasteiger partial charge < -0.3 is 10.4 Å². The SMILES string of the molecule is CC1(C)CCNC(CCO)CN1C1CCCCCC1. The highest BCUT2D eigenvalue weighted by molar-refractivity contribution is 4.93. The topological polar surface area (TPSA) is 35.5 Å². The fourth-order valence-electron chi connectivity index (χ4n) is 3.84. The summed E-state index contributed by atoms with van der Waals surface area (Å²) in [4.78, 5) is 2.76. The zero-order valence-electron chi connectivity index (χ0n) is 12.8. The summed E-state index contributed by atoms with van der Waals surface area (Å²) in [7, 11) is 0. The van der Waals surface area contributed by atoms with E-state index in [0.717, 1.165) is 25.6 Å². The van der Waals surface area contributed by atoms with Crippen molar-refractivity contribution in [2.45, 2.75) is 82.8 Å². The molecule has 1 heterocycles. The molecule has 0 amide bonds. The molecule has 1 aliphatic heterocycles. The molecule has 1 atom stereocenters. The molecular formula is C16H32N2O. The standard InChI is InChI=1S/C16H32N2O/c1-16(2)10-11-17-14(9-12-19)13-18(16)15-7-5-3-4-6-8-15/h14-15,17,19H,3-13H2,1-2H3. The number of aliphatic hydroxyl groups excluding tert-OH is 1. The van der Waals surface area contributed by atoms with E-state index in [1.807, 2.05) is 0 Å². The molecule has 1 saturated carbocycles. The van der Waals surface area contributed by atoms with Crippen molar-refractivity contribution in [1.29, 1.82) is 0 Å². The minimum atomic E-state index is 0.298. The van der Waals surface area contributed by atoms with Crippen LogP contribution in [0.1, 0.15) is 65.2 Å². The van der Waals surface area contributed by atoms with Gasteiger partial charge in [0.2, 0.25) is 0 Å². The van der Waals surface area contributed by atoms with Crippen LogP contribution in [-0.2, 0) is 0 Å². The molecule has 2 fully saturated rings. The second kappa shape index (κ2) is 7.05. The molecule has 2 rings (SSSR count). The molecule has 1 aliphatic carbocycles. The normalized spacial score (nSPS) is 30.8. The number of aliphatic hydroxyl groups is 1. The summed E-state index contributed by atoms with van der Waals surface area (Å²) in [6.07, 6.45) is 10.5. The van der Waals surface area contributed by atoms with E-state index >= 15 is 0 Å². The highest BCUT2D eigenvalue weighted by atomic mass is 16.3. The van der Waals surface area contributed by atoms with Crippen molar-refractivity contribution in [3.63, 3.8) is 0 Å². The Labute approximate surface area is 118 Å². The second-order valence-corrected chi connectivity index (χ2v) is 7.02. The van der Waals surface area contributed by atoms with Crippen LogP contribution in [0.2, 0.25) is 0 Å². The van der Waals surface area contributed by atoms with Crippen LogP contribution in [0.4, 0.5) is 0 Å². The summed E-state index contributed by atoms with van der Waals surface area (Å²) in [6, 6.07) is 1.23. The molecule has 0 aromatic carbocycles. The Bertz CT molecular complexity index is 259. The number of rotatable bonds is 3. The average Bonchev–Trinajstić information content (AvgIpc) is 2.69. The summed E-state index contributed by atoms with van der Waals surface area (Å²) >= 11 is 0. The van der Waals surface area contributed by atoms with E-state index in [1.165, 1.54) is 44.9 Å². The summed E-state index contributed by atoms with van der Waals surface area (Å²) in [5.74, 6) is 0. The lowest BCUT2D eigenvalue weighted by Gasteiger charge is -2.43. The number of nitrogens with zero attached hydrogens (tertiary/aromatic N) is 1. The van der Waals surface area contributed by atoms with E-state index in [0.29, 0.717) is 18.2 Å². The fourth-order valence-corrected chi connectivity index (χ4v) is 3.84. The minimum absolute atomic E-state index is 0.298. The molecule has 0 aromatic rings. The molecule has 2 N–H and O–H groups in total. The number of nitrogens with one attached hydrogen (secondary N) is 1. The summed E-state index contributed by atoms with van der Waals surface area (Å²) in [6.45, 7) is 7.30. The van der Waals surface area contributed by atoms with E-state index in [4.69, 9.17) is 0 Å². The van der Waals surface area contributed by atoms with E-state index in [9.17, 15) is 5.11 Å². The van der Waals surface area contributed by atoms with Gasteiger partial charge >= 0.3 is 0 Å². The highest BCUT2D eigenvalue weighted by Gasteiger charge is 2.35. The molecule has 2 aliphatic rings. The smallest absolute Gasteiger partial charge is 0.0446 e. The zero-order chi connectivity index (χ0) is 13.7. The van der Waals surface area contributed by atoms with E-state index < -0.39 is 0 Å². The van der Waals surface area contributed by atoms with Crippen LogP contribution >= 0.6 is 0 Å². The van der Waals surface area contributed by atoms with E-state index in [1.54, 1.807) is 0 Å². The third kappa shape index (κ3) is 4.17. The largest absolute Gasteiger partial charge is 0.396 e. The Morgan fingerprint density at radius 1 is 1.16 bits per heavy atom. The molecule has 0 aromatic heterocycles. The molecule has 0 spiro atoms. The van der Waals surface area contributed by atoms with Crippen LogP contribution in [-0.4, -0.2) is 47.3 Å². The van der Waals surface area contributed by atoms with E-state index in [-0.39, 0.29) is 0 Å². The van der Waals surface area contributed by atoms with Crippen molar-refractivity contribution in [2.24, 2.45) is 0 Å². The predicted molar refractivity (Wildman–Crippen MR) is 80.4 cm³/mol. The summed E-state index contributed by atoms with van der Waals surface area (Å²) in [5, 5.41) is 12.8. The Balaban J connectivity index is 2.06. The Morgan fingerprint density at radius 3 is 2.47 bits per heavy atom. The van der Waals surface area contributed by atoms with Gasteiger partial charge in [-0.05, 0) is 46.1 Å². The van der Waals surface area contributed by atoms with Gasteiger partial charge in [0.05, 0.1) is 0 Å². The highest BCUT2D eigenvalue weighted by Crippen LogP contribution is 2.31. The van der Waals surface area contributed by atoms with Crippen molar-refractivity contribution in [2.75, 3.05) is 19.7 Å². The van der Waals surface area contributed by atoms with Gasteiger partial charge in [0.25, 0.3) is 0 Å². The maximum atomic E-state index is 9.22. The van der Waals surface area contributed by atoms with Crippen LogP contribution in [0.25, 0.3) is 0 Å². The maximum Gasteiger partial charge on any atom is 0.0446 e. The fraction of sp³-hybridized carbons (Fsp3) is 1.00. The quantitative estimate of drug-likeness (QED) is 0.772. The molecule has 112 valence electrons. The first-order chi connectivity index (χ1) is 9.13. The molecule has 0 radical (unpaired) electrons. The first-order valence-electron chi connectivity index (χ1n) is 8.24. The number of hydrogen-bond donors (Lipinski definition) is 2. The predicted octanol–water partition coefficient (Wildman–Crippen LogP) is 2.53. The van der Waals surface area contributed by atoms with Crippen LogP contribution < -0.4 is 5.32 Å². The first-order valence-corrected chi connectivity index (χ1v) is 8.24. The molecule has 3 nitrogen and oxygen atoms in total. The second-order valence-electron chi connectivity index (χ2n) is 7.02. The van der Waals surface area contributed by atoms with Gasteiger partial charge in [0.15, 0.2) is 0 Å². The Morgan fingerprint density at radius 2 is 1.84 bits per heavy atom. The van der Waals surface area contributed by atoms with Gasteiger partial charge in [0.1, 0.15) is 0 Å². The van der Waals surface area contributed by atoms with Crippen molar-refractivity contribution in [3.05, 3.63) is 0 Å². The molecule has 19 heavy (non-hydrogen) atoms. The lowest BCUT2D eigenvalue weighted by atomic mass is 9.93. The van der Waals surface area contributed by atoms with Gasteiger partial charge in [0, 0.05) is 30.8 Å². The monoisotopic (exact) mass is 268 g/mol. The third-order valence-electron chi connectivity index (χ3n) is 5.11. The molecule has 0 bridgehead atoms. The Hall–Kier alpha value is -0.120. The van der Waals surface area contributed by atoms with Gasteiger partial charge in [-0.1, -0.05) is 25.7 Å². The first kappa shape index (κ1) is 15.3. The van der Waals surface area contributed by atoms with Gasteiger partial charge in [-0.2, -0.15) is 0 Å². The van der Waals surface area contributed by atoms with Crippen LogP contribution in [0, 0.1) is 0 Å². The van der Waals surface area contributed by atoms with Gasteiger partial charge in [-0.15, -0.1) is 0 Å². The lowest BCUT2D eigenvalue weighted by Crippen LogP contribution is -2.52. The average molecular weight is 268 g/mol. The van der Waals surface area contributed by atoms with Crippen LogP contribution in [0.15, 0.2) is 0 Å². The Kier molecular flexibility index (Phi) is 5.67. The summed E-state index contributed by atoms with van der Waals surface area (Å²) < 4.78 is 0. The van der Waals surface area contributed by atoms with Gasteiger partial charge in [-0.3, -0.25) is 4.90 Å². The van der Waals surface area contributed by atoms with Crippen molar-refractivity contribution in [1.82, 2.24) is 10.2 Å². The van der Waals surface area contributed by atoms with Crippen LogP contribution in [0.3, 0.4) is 0 Å². The molecule has 3 heteroatoms. The third-order valence-corrected chi connectivity index (χ3v) is 5.11. The van der Waals surface area contributed by atoms with Crippen LogP contribution in [0.5, 0.6) is 0 Å². The maximum absolute atomic E-state index is 9.22. The molecule has 1 unspecified atom stereocenters. The number of hydrogen-bond acceptors (Lipinski definition) is 3. The minimum Gasteiger partial charge on any atom is -0.396 e. The molecular weight excluding hydrogens is 236 g/mol. The van der Waals surface area contributed by atoms with Crippen molar-refractivity contribution < 1.29 is 5.11 Å². The zero-order valence-corrected chi connectivity index (χ0v) is 12.8. The van der Waals surface area contributed by atoms with Crippen molar-refractivity contribution >= 4 is 0 Å². The lowest BCUT2D eigenvalue weighted by molar-refractivity contribution is 0.0570. The van der Waals surface area contributed by atoms with E-state index in [2.05, 4.69) is 24.1 Å². The van der Waals surface area contributed by atoms with Crippen molar-refractivity contribution in [3.8, 4) is 0 Å². The van der Waals surface area contributed by atoms with Gasteiger partial charge in [-0.25, -0.2) is 0 Å². The summed E-state index contributed by atoms with van der Waals surface area (Å²) in [5.41, 5.74) is 0.298.